The van der Waals surface area contributed by atoms with Crippen molar-refractivity contribution in [1.29, 1.82) is 0 Å². The SMILES string of the molecule is O=C(Nc1ccc2c(c1)cc(C(=O)NCCc1ccccn1)n2Cc1ccccc1)c1ccc(F)cc1. The number of amides is 2. The van der Waals surface area contributed by atoms with Gasteiger partial charge in [-0.05, 0) is 66.2 Å². The van der Waals surface area contributed by atoms with E-state index in [0.717, 1.165) is 22.2 Å². The molecule has 37 heavy (non-hydrogen) atoms. The Labute approximate surface area is 213 Å². The summed E-state index contributed by atoms with van der Waals surface area (Å²) in [5.74, 6) is -0.918. The third kappa shape index (κ3) is 5.73. The van der Waals surface area contributed by atoms with E-state index in [1.807, 2.05) is 71.3 Å². The Bertz CT molecular complexity index is 1530. The maximum absolute atomic E-state index is 13.2. The zero-order valence-electron chi connectivity index (χ0n) is 20.0. The first-order valence-corrected chi connectivity index (χ1v) is 12.0. The van der Waals surface area contributed by atoms with Crippen LogP contribution in [0.4, 0.5) is 10.1 Å². The van der Waals surface area contributed by atoms with Gasteiger partial charge < -0.3 is 15.2 Å². The standard InChI is InChI=1S/C30H25FN4O2/c31-24-11-9-22(10-12-24)29(36)34-26-13-14-27-23(18-26)19-28(35(27)20-21-6-2-1-3-7-21)30(37)33-17-15-25-8-4-5-16-32-25/h1-14,16,18-19H,15,17,20H2,(H,33,37)(H,34,36). The molecule has 0 aliphatic heterocycles. The monoisotopic (exact) mass is 492 g/mol. The van der Waals surface area contributed by atoms with Gasteiger partial charge in [0.1, 0.15) is 11.5 Å². The summed E-state index contributed by atoms with van der Waals surface area (Å²) in [6.45, 7) is 0.982. The molecule has 0 saturated carbocycles. The average molecular weight is 493 g/mol. The Morgan fingerprint density at radius 3 is 2.38 bits per heavy atom. The molecule has 0 unspecified atom stereocenters. The maximum Gasteiger partial charge on any atom is 0.267 e. The maximum atomic E-state index is 13.2. The minimum Gasteiger partial charge on any atom is -0.350 e. The molecule has 0 bridgehead atoms. The van der Waals surface area contributed by atoms with Crippen LogP contribution in [-0.2, 0) is 13.0 Å². The second-order valence-electron chi connectivity index (χ2n) is 8.66. The molecule has 5 rings (SSSR count). The van der Waals surface area contributed by atoms with Crippen LogP contribution in [0.5, 0.6) is 0 Å². The Balaban J connectivity index is 1.40. The fraction of sp³-hybridized carbons (Fsp3) is 0.100. The second-order valence-corrected chi connectivity index (χ2v) is 8.66. The zero-order valence-corrected chi connectivity index (χ0v) is 20.0. The number of fused-ring (bicyclic) bond motifs is 1. The number of halogens is 1. The van der Waals surface area contributed by atoms with Crippen LogP contribution in [0.3, 0.4) is 0 Å². The van der Waals surface area contributed by atoms with Crippen LogP contribution in [0.15, 0.2) is 103 Å². The highest BCUT2D eigenvalue weighted by Crippen LogP contribution is 2.25. The molecule has 0 aliphatic carbocycles. The van der Waals surface area contributed by atoms with E-state index in [4.69, 9.17) is 0 Å². The number of pyridine rings is 1. The predicted octanol–water partition coefficient (Wildman–Crippen LogP) is 5.45. The van der Waals surface area contributed by atoms with Gasteiger partial charge >= 0.3 is 0 Å². The first kappa shape index (κ1) is 23.9. The second kappa shape index (κ2) is 10.9. The molecule has 7 heteroatoms. The summed E-state index contributed by atoms with van der Waals surface area (Å²) >= 11 is 0. The van der Waals surface area contributed by atoms with Crippen molar-refractivity contribution in [3.8, 4) is 0 Å². The number of aromatic nitrogens is 2. The van der Waals surface area contributed by atoms with E-state index in [1.54, 1.807) is 12.3 Å². The Kier molecular flexibility index (Phi) is 7.03. The largest absolute Gasteiger partial charge is 0.350 e. The Morgan fingerprint density at radius 1 is 0.838 bits per heavy atom. The number of carbonyl (C=O) groups is 2. The van der Waals surface area contributed by atoms with Crippen molar-refractivity contribution in [2.24, 2.45) is 0 Å². The lowest BCUT2D eigenvalue weighted by atomic mass is 10.2. The molecule has 0 atom stereocenters. The van der Waals surface area contributed by atoms with Crippen LogP contribution >= 0.6 is 0 Å². The molecule has 5 aromatic rings. The highest BCUT2D eigenvalue weighted by Gasteiger charge is 2.17. The number of hydrogen-bond donors (Lipinski definition) is 2. The van der Waals surface area contributed by atoms with Gasteiger partial charge in [0.2, 0.25) is 0 Å². The number of anilines is 1. The topological polar surface area (TPSA) is 76.0 Å². The number of nitrogens with one attached hydrogen (secondary N) is 2. The van der Waals surface area contributed by atoms with Gasteiger partial charge in [-0.2, -0.15) is 0 Å². The van der Waals surface area contributed by atoms with Gasteiger partial charge in [-0.3, -0.25) is 14.6 Å². The summed E-state index contributed by atoms with van der Waals surface area (Å²) in [5, 5.41) is 6.68. The predicted molar refractivity (Wildman–Crippen MR) is 142 cm³/mol. The van der Waals surface area contributed by atoms with Crippen molar-refractivity contribution >= 4 is 28.4 Å². The van der Waals surface area contributed by atoms with Crippen molar-refractivity contribution in [2.45, 2.75) is 13.0 Å². The van der Waals surface area contributed by atoms with Crippen molar-refractivity contribution < 1.29 is 14.0 Å². The van der Waals surface area contributed by atoms with Crippen LogP contribution in [0, 0.1) is 5.82 Å². The van der Waals surface area contributed by atoms with Gasteiger partial charge in [-0.25, -0.2) is 4.39 Å². The van der Waals surface area contributed by atoms with E-state index >= 15 is 0 Å². The number of rotatable bonds is 8. The lowest BCUT2D eigenvalue weighted by molar-refractivity contribution is 0.0945. The van der Waals surface area contributed by atoms with E-state index in [9.17, 15) is 14.0 Å². The first-order chi connectivity index (χ1) is 18.1. The molecule has 184 valence electrons. The lowest BCUT2D eigenvalue weighted by Crippen LogP contribution is -2.28. The highest BCUT2D eigenvalue weighted by molar-refractivity contribution is 6.06. The van der Waals surface area contributed by atoms with Crippen molar-refractivity contribution in [3.63, 3.8) is 0 Å². The van der Waals surface area contributed by atoms with Crippen LogP contribution in [0.25, 0.3) is 10.9 Å². The Hall–Kier alpha value is -4.78. The lowest BCUT2D eigenvalue weighted by Gasteiger charge is -2.12. The smallest absolute Gasteiger partial charge is 0.267 e. The molecule has 2 aromatic heterocycles. The van der Waals surface area contributed by atoms with Crippen LogP contribution in [0.1, 0.15) is 32.1 Å². The molecule has 0 saturated heterocycles. The summed E-state index contributed by atoms with van der Waals surface area (Å²) in [6, 6.07) is 28.4. The molecular formula is C30H25FN4O2. The number of carbonyl (C=O) groups excluding carboxylic acids is 2. The van der Waals surface area contributed by atoms with Gasteiger partial charge in [0.05, 0.1) is 0 Å². The van der Waals surface area contributed by atoms with E-state index in [2.05, 4.69) is 15.6 Å². The van der Waals surface area contributed by atoms with Gasteiger partial charge in [0.25, 0.3) is 11.8 Å². The highest BCUT2D eigenvalue weighted by atomic mass is 19.1. The number of nitrogens with zero attached hydrogens (tertiary/aromatic N) is 2. The molecule has 2 N–H and O–H groups in total. The summed E-state index contributed by atoms with van der Waals surface area (Å²) in [6.07, 6.45) is 2.37. The van der Waals surface area contributed by atoms with E-state index in [0.29, 0.717) is 36.5 Å². The minimum atomic E-state index is -0.399. The number of benzene rings is 3. The third-order valence-corrected chi connectivity index (χ3v) is 6.07. The normalized spacial score (nSPS) is 10.8. The van der Waals surface area contributed by atoms with Gasteiger partial charge in [0, 0.05) is 53.6 Å². The van der Waals surface area contributed by atoms with E-state index in [1.165, 1.54) is 24.3 Å². The third-order valence-electron chi connectivity index (χ3n) is 6.07. The molecule has 0 spiro atoms. The van der Waals surface area contributed by atoms with Gasteiger partial charge in [-0.15, -0.1) is 0 Å². The van der Waals surface area contributed by atoms with Crippen LogP contribution < -0.4 is 10.6 Å². The zero-order chi connectivity index (χ0) is 25.6. The summed E-state index contributed by atoms with van der Waals surface area (Å²) < 4.78 is 15.2. The van der Waals surface area contributed by atoms with Crippen molar-refractivity contribution in [2.75, 3.05) is 11.9 Å². The molecule has 0 radical (unpaired) electrons. The van der Waals surface area contributed by atoms with Crippen LogP contribution in [0.2, 0.25) is 0 Å². The molecule has 0 fully saturated rings. The fourth-order valence-corrected chi connectivity index (χ4v) is 4.22. The minimum absolute atomic E-state index is 0.181. The first-order valence-electron chi connectivity index (χ1n) is 12.0. The van der Waals surface area contributed by atoms with Crippen molar-refractivity contribution in [1.82, 2.24) is 14.9 Å². The molecule has 2 amide bonds. The van der Waals surface area contributed by atoms with Crippen molar-refractivity contribution in [3.05, 3.63) is 132 Å². The molecular weight excluding hydrogens is 467 g/mol. The molecule has 6 nitrogen and oxygen atoms in total. The fourth-order valence-electron chi connectivity index (χ4n) is 4.22. The molecule has 0 aliphatic rings. The summed E-state index contributed by atoms with van der Waals surface area (Å²) in [5.41, 5.74) is 4.32. The van der Waals surface area contributed by atoms with E-state index in [-0.39, 0.29) is 11.8 Å². The van der Waals surface area contributed by atoms with Gasteiger partial charge in [0.15, 0.2) is 0 Å². The molecule has 2 heterocycles. The van der Waals surface area contributed by atoms with E-state index < -0.39 is 5.82 Å². The summed E-state index contributed by atoms with van der Waals surface area (Å²) in [4.78, 5) is 30.2. The quantitative estimate of drug-likeness (QED) is 0.303. The van der Waals surface area contributed by atoms with Gasteiger partial charge in [-0.1, -0.05) is 36.4 Å². The Morgan fingerprint density at radius 2 is 1.62 bits per heavy atom. The molecule has 3 aromatic carbocycles. The van der Waals surface area contributed by atoms with Crippen LogP contribution in [-0.4, -0.2) is 27.9 Å². The average Bonchev–Trinajstić information content (AvgIpc) is 3.27. The number of hydrogen-bond acceptors (Lipinski definition) is 3. The summed E-state index contributed by atoms with van der Waals surface area (Å²) in [7, 11) is 0.